The zero-order valence-electron chi connectivity index (χ0n) is 12.3. The van der Waals surface area contributed by atoms with Crippen molar-refractivity contribution in [2.75, 3.05) is 0 Å². The first-order chi connectivity index (χ1) is 10.9. The molecule has 0 fully saturated rings. The molecule has 0 bridgehead atoms. The molecule has 2 aromatic carbocycles. The van der Waals surface area contributed by atoms with Crippen molar-refractivity contribution in [2.24, 2.45) is 4.99 Å². The maximum absolute atomic E-state index is 4.77. The summed E-state index contributed by atoms with van der Waals surface area (Å²) < 4.78 is 0. The third kappa shape index (κ3) is 3.89. The van der Waals surface area contributed by atoms with Crippen LogP contribution in [-0.2, 0) is 6.42 Å². The average Bonchev–Trinajstić information content (AvgIpc) is 2.61. The second-order valence-corrected chi connectivity index (χ2v) is 5.15. The molecule has 3 rings (SSSR count). The maximum Gasteiger partial charge on any atom is 0.0808 e. The number of aliphatic imine (C=N–C) groups is 1. The Kier molecular flexibility index (Phi) is 4.73. The summed E-state index contributed by atoms with van der Waals surface area (Å²) in [6.07, 6.45) is 4.53. The summed E-state index contributed by atoms with van der Waals surface area (Å²) in [7, 11) is 0. The van der Waals surface area contributed by atoms with Crippen LogP contribution in [0.2, 0.25) is 0 Å². The predicted octanol–water partition coefficient (Wildman–Crippen LogP) is 4.48. The van der Waals surface area contributed by atoms with Gasteiger partial charge in [-0.15, -0.1) is 0 Å². The molecule has 1 aromatic heterocycles. The van der Waals surface area contributed by atoms with E-state index in [-0.39, 0.29) is 6.04 Å². The predicted molar refractivity (Wildman–Crippen MR) is 91.2 cm³/mol. The van der Waals surface area contributed by atoms with Crippen LogP contribution in [0.25, 0.3) is 0 Å². The molecule has 2 nitrogen and oxygen atoms in total. The molecule has 1 heterocycles. The van der Waals surface area contributed by atoms with E-state index in [1.54, 1.807) is 6.20 Å². The second kappa shape index (κ2) is 7.32. The number of pyridine rings is 1. The first-order valence-corrected chi connectivity index (χ1v) is 7.45. The lowest BCUT2D eigenvalue weighted by molar-refractivity contribution is 0.728. The van der Waals surface area contributed by atoms with Gasteiger partial charge in [0.15, 0.2) is 0 Å². The van der Waals surface area contributed by atoms with Crippen molar-refractivity contribution in [3.8, 4) is 0 Å². The van der Waals surface area contributed by atoms with Crippen LogP contribution >= 0.6 is 0 Å². The number of hydrogen-bond acceptors (Lipinski definition) is 2. The summed E-state index contributed by atoms with van der Waals surface area (Å²) >= 11 is 0. The first-order valence-electron chi connectivity index (χ1n) is 7.45. The average molecular weight is 286 g/mol. The Bertz CT molecular complexity index is 706. The van der Waals surface area contributed by atoms with Gasteiger partial charge in [0.25, 0.3) is 0 Å². The minimum Gasteiger partial charge on any atom is -0.283 e. The smallest absolute Gasteiger partial charge is 0.0808 e. The van der Waals surface area contributed by atoms with Crippen molar-refractivity contribution in [1.82, 2.24) is 4.98 Å². The number of hydrogen-bond donors (Lipinski definition) is 0. The fraction of sp³-hybridized carbons (Fsp3) is 0.100. The molecule has 0 aliphatic rings. The van der Waals surface area contributed by atoms with Gasteiger partial charge in [0.2, 0.25) is 0 Å². The molecule has 2 heteroatoms. The van der Waals surface area contributed by atoms with Gasteiger partial charge in [-0.3, -0.25) is 9.98 Å². The van der Waals surface area contributed by atoms with E-state index < -0.39 is 0 Å². The van der Waals surface area contributed by atoms with Crippen LogP contribution in [0.5, 0.6) is 0 Å². The van der Waals surface area contributed by atoms with E-state index in [0.717, 1.165) is 12.1 Å². The normalized spacial score (nSPS) is 12.4. The monoisotopic (exact) mass is 286 g/mol. The lowest BCUT2D eigenvalue weighted by Crippen LogP contribution is -2.01. The molecule has 0 saturated carbocycles. The van der Waals surface area contributed by atoms with Gasteiger partial charge in [-0.2, -0.15) is 0 Å². The molecule has 1 atom stereocenters. The summed E-state index contributed by atoms with van der Waals surface area (Å²) in [5.74, 6) is 0. The van der Waals surface area contributed by atoms with Crippen LogP contribution in [0.15, 0.2) is 90.1 Å². The Morgan fingerprint density at radius 2 is 1.50 bits per heavy atom. The zero-order valence-corrected chi connectivity index (χ0v) is 12.3. The molecule has 0 spiro atoms. The van der Waals surface area contributed by atoms with Gasteiger partial charge < -0.3 is 0 Å². The molecular formula is C20H18N2. The van der Waals surface area contributed by atoms with Gasteiger partial charge in [-0.1, -0.05) is 66.7 Å². The van der Waals surface area contributed by atoms with Gasteiger partial charge >= 0.3 is 0 Å². The van der Waals surface area contributed by atoms with Crippen LogP contribution in [0.4, 0.5) is 0 Å². The SMILES string of the molecule is C(=NC(Cc1ccccc1)c1ccccc1)c1ccccn1. The van der Waals surface area contributed by atoms with E-state index in [1.165, 1.54) is 11.1 Å². The van der Waals surface area contributed by atoms with Crippen molar-refractivity contribution in [1.29, 1.82) is 0 Å². The molecule has 0 N–H and O–H groups in total. The molecule has 0 aliphatic carbocycles. The molecule has 1 unspecified atom stereocenters. The Morgan fingerprint density at radius 3 is 2.18 bits per heavy atom. The van der Waals surface area contributed by atoms with E-state index in [2.05, 4.69) is 53.5 Å². The van der Waals surface area contributed by atoms with Crippen molar-refractivity contribution in [3.05, 3.63) is 102 Å². The van der Waals surface area contributed by atoms with Gasteiger partial charge in [-0.05, 0) is 29.7 Å². The van der Waals surface area contributed by atoms with E-state index in [9.17, 15) is 0 Å². The summed E-state index contributed by atoms with van der Waals surface area (Å²) in [6.45, 7) is 0. The topological polar surface area (TPSA) is 25.2 Å². The largest absolute Gasteiger partial charge is 0.283 e. The van der Waals surface area contributed by atoms with Crippen molar-refractivity contribution in [2.45, 2.75) is 12.5 Å². The summed E-state index contributed by atoms with van der Waals surface area (Å²) in [5.41, 5.74) is 3.39. The summed E-state index contributed by atoms with van der Waals surface area (Å²) in [5, 5.41) is 0. The highest BCUT2D eigenvalue weighted by Crippen LogP contribution is 2.22. The molecular weight excluding hydrogens is 268 g/mol. The number of nitrogens with zero attached hydrogens (tertiary/aromatic N) is 2. The minimum absolute atomic E-state index is 0.102. The van der Waals surface area contributed by atoms with E-state index >= 15 is 0 Å². The van der Waals surface area contributed by atoms with Crippen molar-refractivity contribution >= 4 is 6.21 Å². The van der Waals surface area contributed by atoms with Gasteiger partial charge in [0.05, 0.1) is 11.7 Å². The highest BCUT2D eigenvalue weighted by atomic mass is 14.8. The van der Waals surface area contributed by atoms with Crippen LogP contribution in [0, 0.1) is 0 Å². The Balaban J connectivity index is 1.85. The van der Waals surface area contributed by atoms with Crippen LogP contribution in [0.3, 0.4) is 0 Å². The van der Waals surface area contributed by atoms with Gasteiger partial charge in [-0.25, -0.2) is 0 Å². The van der Waals surface area contributed by atoms with E-state index in [0.29, 0.717) is 0 Å². The molecule has 3 aromatic rings. The second-order valence-electron chi connectivity index (χ2n) is 5.15. The Labute approximate surface area is 131 Å². The first kappa shape index (κ1) is 14.2. The van der Waals surface area contributed by atoms with Crippen molar-refractivity contribution in [3.63, 3.8) is 0 Å². The summed E-state index contributed by atoms with van der Waals surface area (Å²) in [6, 6.07) is 26.8. The summed E-state index contributed by atoms with van der Waals surface area (Å²) in [4.78, 5) is 9.07. The number of aromatic nitrogens is 1. The van der Waals surface area contributed by atoms with Crippen LogP contribution in [0.1, 0.15) is 22.9 Å². The highest BCUT2D eigenvalue weighted by molar-refractivity contribution is 5.76. The molecule has 22 heavy (non-hydrogen) atoms. The standard InChI is InChI=1S/C20H18N2/c1-3-9-17(10-4-1)15-20(18-11-5-2-6-12-18)22-16-19-13-7-8-14-21-19/h1-14,16,20H,15H2. The Hall–Kier alpha value is -2.74. The third-order valence-corrected chi connectivity index (χ3v) is 3.53. The quantitative estimate of drug-likeness (QED) is 0.635. The lowest BCUT2D eigenvalue weighted by Gasteiger charge is -2.13. The molecule has 108 valence electrons. The van der Waals surface area contributed by atoms with Gasteiger partial charge in [0.1, 0.15) is 0 Å². The molecule has 0 amide bonds. The highest BCUT2D eigenvalue weighted by Gasteiger charge is 2.10. The third-order valence-electron chi connectivity index (χ3n) is 3.53. The molecule has 0 saturated heterocycles. The van der Waals surface area contributed by atoms with E-state index in [1.807, 2.05) is 36.5 Å². The maximum atomic E-state index is 4.77. The zero-order chi connectivity index (χ0) is 15.0. The molecule has 0 radical (unpaired) electrons. The van der Waals surface area contributed by atoms with Crippen molar-refractivity contribution < 1.29 is 0 Å². The number of benzene rings is 2. The van der Waals surface area contributed by atoms with Crippen LogP contribution in [-0.4, -0.2) is 11.2 Å². The van der Waals surface area contributed by atoms with Gasteiger partial charge in [0, 0.05) is 12.4 Å². The van der Waals surface area contributed by atoms with Crippen LogP contribution < -0.4 is 0 Å². The Morgan fingerprint density at radius 1 is 0.818 bits per heavy atom. The fourth-order valence-corrected chi connectivity index (χ4v) is 2.39. The lowest BCUT2D eigenvalue weighted by atomic mass is 9.99. The number of rotatable bonds is 5. The minimum atomic E-state index is 0.102. The molecule has 0 aliphatic heterocycles. The van der Waals surface area contributed by atoms with E-state index in [4.69, 9.17) is 4.99 Å². The fourth-order valence-electron chi connectivity index (χ4n) is 2.39.